The second-order valence-electron chi connectivity index (χ2n) is 4.42. The lowest BCUT2D eigenvalue weighted by atomic mass is 10.1. The van der Waals surface area contributed by atoms with Crippen LogP contribution in [0.3, 0.4) is 0 Å². The first kappa shape index (κ1) is 11.1. The highest BCUT2D eigenvalue weighted by Crippen LogP contribution is 2.32. The van der Waals surface area contributed by atoms with Crippen molar-refractivity contribution in [2.24, 2.45) is 5.73 Å². The standard InChI is InChI=1S/C12H15FN2O/c1-8-6-9(2-3-10(8)13)7-15-11(16)12(14)4-5-12/h2-3,6H,4-5,7,14H2,1H3,(H,15,16). The summed E-state index contributed by atoms with van der Waals surface area (Å²) in [7, 11) is 0. The summed E-state index contributed by atoms with van der Waals surface area (Å²) in [5, 5.41) is 2.76. The molecular formula is C12H15FN2O. The van der Waals surface area contributed by atoms with Gasteiger partial charge in [-0.3, -0.25) is 4.79 Å². The molecule has 1 amide bonds. The van der Waals surface area contributed by atoms with E-state index >= 15 is 0 Å². The molecule has 1 fully saturated rings. The number of amides is 1. The van der Waals surface area contributed by atoms with Gasteiger partial charge in [-0.05, 0) is 37.0 Å². The van der Waals surface area contributed by atoms with Crippen molar-refractivity contribution in [3.63, 3.8) is 0 Å². The average Bonchev–Trinajstić information content (AvgIpc) is 2.99. The molecule has 0 heterocycles. The fourth-order valence-electron chi connectivity index (χ4n) is 1.54. The van der Waals surface area contributed by atoms with Gasteiger partial charge in [-0.2, -0.15) is 0 Å². The minimum Gasteiger partial charge on any atom is -0.350 e. The lowest BCUT2D eigenvalue weighted by Crippen LogP contribution is -2.42. The Hall–Kier alpha value is -1.42. The number of nitrogens with two attached hydrogens (primary N) is 1. The average molecular weight is 222 g/mol. The number of aryl methyl sites for hydroxylation is 1. The van der Waals surface area contributed by atoms with Gasteiger partial charge in [-0.1, -0.05) is 12.1 Å². The van der Waals surface area contributed by atoms with Gasteiger partial charge in [0.2, 0.25) is 5.91 Å². The number of hydrogen-bond donors (Lipinski definition) is 2. The summed E-state index contributed by atoms with van der Waals surface area (Å²) in [4.78, 5) is 11.5. The SMILES string of the molecule is Cc1cc(CNC(=O)C2(N)CC2)ccc1F. The summed E-state index contributed by atoms with van der Waals surface area (Å²) in [5.41, 5.74) is 6.56. The minimum absolute atomic E-state index is 0.116. The third-order valence-corrected chi connectivity index (χ3v) is 2.92. The van der Waals surface area contributed by atoms with Gasteiger partial charge in [0.15, 0.2) is 0 Å². The van der Waals surface area contributed by atoms with Gasteiger partial charge in [-0.25, -0.2) is 4.39 Å². The first-order chi connectivity index (χ1) is 7.51. The highest BCUT2D eigenvalue weighted by Gasteiger charge is 2.45. The van der Waals surface area contributed by atoms with Crippen molar-refractivity contribution in [2.45, 2.75) is 31.8 Å². The van der Waals surface area contributed by atoms with Crippen LogP contribution in [0.4, 0.5) is 4.39 Å². The van der Waals surface area contributed by atoms with E-state index < -0.39 is 5.54 Å². The molecule has 0 radical (unpaired) electrons. The van der Waals surface area contributed by atoms with E-state index in [1.807, 2.05) is 0 Å². The fraction of sp³-hybridized carbons (Fsp3) is 0.417. The number of benzene rings is 1. The predicted octanol–water partition coefficient (Wildman–Crippen LogP) is 1.24. The molecule has 86 valence electrons. The van der Waals surface area contributed by atoms with Crippen molar-refractivity contribution in [1.29, 1.82) is 0 Å². The van der Waals surface area contributed by atoms with Crippen molar-refractivity contribution in [3.8, 4) is 0 Å². The van der Waals surface area contributed by atoms with Crippen molar-refractivity contribution < 1.29 is 9.18 Å². The molecule has 2 rings (SSSR count). The zero-order valence-electron chi connectivity index (χ0n) is 9.22. The molecule has 3 N–H and O–H groups in total. The Morgan fingerprint density at radius 2 is 2.25 bits per heavy atom. The number of hydrogen-bond acceptors (Lipinski definition) is 2. The predicted molar refractivity (Wildman–Crippen MR) is 59.1 cm³/mol. The third-order valence-electron chi connectivity index (χ3n) is 2.92. The van der Waals surface area contributed by atoms with Crippen molar-refractivity contribution in [2.75, 3.05) is 0 Å². The Labute approximate surface area is 93.8 Å². The molecular weight excluding hydrogens is 207 g/mol. The maximum absolute atomic E-state index is 13.0. The van der Waals surface area contributed by atoms with Gasteiger partial charge in [-0.15, -0.1) is 0 Å². The van der Waals surface area contributed by atoms with Crippen molar-refractivity contribution in [3.05, 3.63) is 35.1 Å². The van der Waals surface area contributed by atoms with Crippen LogP contribution in [-0.4, -0.2) is 11.4 Å². The maximum atomic E-state index is 13.0. The molecule has 1 aromatic rings. The zero-order valence-corrected chi connectivity index (χ0v) is 9.22. The molecule has 0 aromatic heterocycles. The zero-order chi connectivity index (χ0) is 11.8. The van der Waals surface area contributed by atoms with Crippen molar-refractivity contribution >= 4 is 5.91 Å². The number of nitrogens with one attached hydrogen (secondary N) is 1. The normalized spacial score (nSPS) is 16.9. The van der Waals surface area contributed by atoms with Gasteiger partial charge in [0.1, 0.15) is 5.82 Å². The van der Waals surface area contributed by atoms with Crippen LogP contribution in [0.2, 0.25) is 0 Å². The van der Waals surface area contributed by atoms with E-state index in [0.717, 1.165) is 18.4 Å². The molecule has 1 aliphatic rings. The van der Waals surface area contributed by atoms with Crippen LogP contribution >= 0.6 is 0 Å². The van der Waals surface area contributed by atoms with E-state index in [9.17, 15) is 9.18 Å². The first-order valence-electron chi connectivity index (χ1n) is 5.33. The highest BCUT2D eigenvalue weighted by molar-refractivity contribution is 5.88. The van der Waals surface area contributed by atoms with Crippen LogP contribution in [0.15, 0.2) is 18.2 Å². The lowest BCUT2D eigenvalue weighted by molar-refractivity contribution is -0.123. The van der Waals surface area contributed by atoms with Crippen LogP contribution in [-0.2, 0) is 11.3 Å². The van der Waals surface area contributed by atoms with Crippen LogP contribution in [0.1, 0.15) is 24.0 Å². The van der Waals surface area contributed by atoms with Gasteiger partial charge in [0.25, 0.3) is 0 Å². The van der Waals surface area contributed by atoms with Gasteiger partial charge in [0, 0.05) is 6.54 Å². The van der Waals surface area contributed by atoms with Crippen LogP contribution < -0.4 is 11.1 Å². The van der Waals surface area contributed by atoms with E-state index in [2.05, 4.69) is 5.32 Å². The molecule has 3 nitrogen and oxygen atoms in total. The van der Waals surface area contributed by atoms with E-state index in [1.165, 1.54) is 6.07 Å². The molecule has 1 aromatic carbocycles. The Balaban J connectivity index is 1.94. The number of carbonyl (C=O) groups excluding carboxylic acids is 1. The maximum Gasteiger partial charge on any atom is 0.240 e. The van der Waals surface area contributed by atoms with E-state index in [0.29, 0.717) is 12.1 Å². The second-order valence-corrected chi connectivity index (χ2v) is 4.42. The highest BCUT2D eigenvalue weighted by atomic mass is 19.1. The summed E-state index contributed by atoms with van der Waals surface area (Å²) in [6.45, 7) is 2.10. The first-order valence-corrected chi connectivity index (χ1v) is 5.33. The fourth-order valence-corrected chi connectivity index (χ4v) is 1.54. The van der Waals surface area contributed by atoms with E-state index in [-0.39, 0.29) is 11.7 Å². The molecule has 0 aliphatic heterocycles. The second kappa shape index (κ2) is 3.87. The van der Waals surface area contributed by atoms with Crippen LogP contribution in [0.25, 0.3) is 0 Å². The molecule has 0 unspecified atom stereocenters. The monoisotopic (exact) mass is 222 g/mol. The molecule has 0 saturated heterocycles. The van der Waals surface area contributed by atoms with Crippen LogP contribution in [0.5, 0.6) is 0 Å². The quantitative estimate of drug-likeness (QED) is 0.808. The van der Waals surface area contributed by atoms with Crippen LogP contribution in [0, 0.1) is 12.7 Å². The summed E-state index contributed by atoms with van der Waals surface area (Å²) < 4.78 is 13.0. The topological polar surface area (TPSA) is 55.1 Å². The Bertz CT molecular complexity index is 427. The third kappa shape index (κ3) is 2.22. The van der Waals surface area contributed by atoms with E-state index in [4.69, 9.17) is 5.73 Å². The smallest absolute Gasteiger partial charge is 0.240 e. The Kier molecular flexibility index (Phi) is 2.68. The Morgan fingerprint density at radius 3 is 2.81 bits per heavy atom. The molecule has 1 saturated carbocycles. The molecule has 1 aliphatic carbocycles. The summed E-state index contributed by atoms with van der Waals surface area (Å²) in [6.07, 6.45) is 1.50. The minimum atomic E-state index is -0.644. The molecule has 0 bridgehead atoms. The van der Waals surface area contributed by atoms with Gasteiger partial charge < -0.3 is 11.1 Å². The summed E-state index contributed by atoms with van der Waals surface area (Å²) in [5.74, 6) is -0.345. The summed E-state index contributed by atoms with van der Waals surface area (Å²) >= 11 is 0. The molecule has 16 heavy (non-hydrogen) atoms. The molecule has 0 atom stereocenters. The van der Waals surface area contributed by atoms with Gasteiger partial charge in [0.05, 0.1) is 5.54 Å². The number of rotatable bonds is 3. The summed E-state index contributed by atoms with van der Waals surface area (Å²) in [6, 6.07) is 4.80. The number of carbonyl (C=O) groups is 1. The van der Waals surface area contributed by atoms with E-state index in [1.54, 1.807) is 19.1 Å². The lowest BCUT2D eigenvalue weighted by Gasteiger charge is -2.10. The Morgan fingerprint density at radius 1 is 1.56 bits per heavy atom. The largest absolute Gasteiger partial charge is 0.350 e. The van der Waals surface area contributed by atoms with Gasteiger partial charge >= 0.3 is 0 Å². The number of halogens is 1. The molecule has 4 heteroatoms. The van der Waals surface area contributed by atoms with Crippen molar-refractivity contribution in [1.82, 2.24) is 5.32 Å². The molecule has 0 spiro atoms.